The molecule has 7 heteroatoms. The quantitative estimate of drug-likeness (QED) is 0.608. The first-order valence-corrected chi connectivity index (χ1v) is 9.09. The van der Waals surface area contributed by atoms with Crippen LogP contribution in [0.3, 0.4) is 0 Å². The van der Waals surface area contributed by atoms with Gasteiger partial charge in [-0.1, -0.05) is 12.1 Å². The van der Waals surface area contributed by atoms with Gasteiger partial charge in [-0.2, -0.15) is 5.26 Å². The minimum absolute atomic E-state index is 0.0324. The zero-order valence-electron chi connectivity index (χ0n) is 15.4. The smallest absolute Gasteiger partial charge is 0.419 e. The molecule has 0 saturated heterocycles. The Morgan fingerprint density at radius 3 is 2.63 bits per heavy atom. The standard InChI is InChI=1S/C20H18BrN3O3/c1-11-8-13(14(9-22)18(25)23-11)12-6-5-7-16-17(12)15(21)10-24(16)19(26)27-20(2,3)4/h5-8,10H,1-4H3,(H,23,25). The highest BCUT2D eigenvalue weighted by Gasteiger charge is 2.22. The summed E-state index contributed by atoms with van der Waals surface area (Å²) in [5, 5.41) is 10.2. The van der Waals surface area contributed by atoms with Crippen LogP contribution in [0.15, 0.2) is 39.7 Å². The van der Waals surface area contributed by atoms with Crippen molar-refractivity contribution in [2.24, 2.45) is 0 Å². The number of rotatable bonds is 1. The molecule has 1 aromatic carbocycles. The first-order chi connectivity index (χ1) is 12.6. The van der Waals surface area contributed by atoms with Gasteiger partial charge in [0.2, 0.25) is 0 Å². The van der Waals surface area contributed by atoms with E-state index >= 15 is 0 Å². The predicted octanol–water partition coefficient (Wildman–Crippen LogP) is 4.72. The number of carbonyl (C=O) groups excluding carboxylic acids is 1. The number of pyridine rings is 1. The van der Waals surface area contributed by atoms with Crippen LogP contribution in [0.5, 0.6) is 0 Å². The van der Waals surface area contributed by atoms with Crippen LogP contribution >= 0.6 is 15.9 Å². The zero-order chi connectivity index (χ0) is 19.9. The van der Waals surface area contributed by atoms with Crippen molar-refractivity contribution in [3.05, 3.63) is 56.5 Å². The number of aromatic nitrogens is 2. The van der Waals surface area contributed by atoms with Crippen molar-refractivity contribution in [3.8, 4) is 17.2 Å². The van der Waals surface area contributed by atoms with E-state index in [-0.39, 0.29) is 5.56 Å². The van der Waals surface area contributed by atoms with E-state index in [0.29, 0.717) is 26.8 Å². The van der Waals surface area contributed by atoms with E-state index in [4.69, 9.17) is 4.74 Å². The summed E-state index contributed by atoms with van der Waals surface area (Å²) in [6.45, 7) is 7.16. The highest BCUT2D eigenvalue weighted by molar-refractivity contribution is 9.10. The Kier molecular flexibility index (Phi) is 4.70. The Morgan fingerprint density at radius 1 is 1.30 bits per heavy atom. The lowest BCUT2D eigenvalue weighted by atomic mass is 9.98. The Morgan fingerprint density at radius 2 is 2.00 bits per heavy atom. The third-order valence-corrected chi connectivity index (χ3v) is 4.54. The summed E-state index contributed by atoms with van der Waals surface area (Å²) < 4.78 is 7.55. The third kappa shape index (κ3) is 3.53. The maximum absolute atomic E-state index is 12.6. The molecular formula is C20H18BrN3O3. The zero-order valence-corrected chi connectivity index (χ0v) is 17.0. The molecule has 0 fully saturated rings. The molecule has 1 N–H and O–H groups in total. The molecule has 0 atom stereocenters. The van der Waals surface area contributed by atoms with Crippen LogP contribution in [0.1, 0.15) is 32.0 Å². The summed E-state index contributed by atoms with van der Waals surface area (Å²) in [4.78, 5) is 27.4. The summed E-state index contributed by atoms with van der Waals surface area (Å²) in [5.41, 5.74) is 1.44. The number of aryl methyl sites for hydroxylation is 1. The third-order valence-electron chi connectivity index (χ3n) is 3.94. The molecule has 0 spiro atoms. The lowest BCUT2D eigenvalue weighted by Crippen LogP contribution is -2.26. The SMILES string of the molecule is Cc1cc(-c2cccc3c2c(Br)cn3C(=O)OC(C)(C)C)c(C#N)c(=O)[nH]1. The van der Waals surface area contributed by atoms with Gasteiger partial charge < -0.3 is 9.72 Å². The second kappa shape index (κ2) is 6.71. The molecule has 27 heavy (non-hydrogen) atoms. The van der Waals surface area contributed by atoms with E-state index in [9.17, 15) is 14.9 Å². The largest absolute Gasteiger partial charge is 0.443 e. The number of H-pyrrole nitrogens is 1. The molecule has 2 heterocycles. The topological polar surface area (TPSA) is 87.9 Å². The molecule has 2 aromatic heterocycles. The lowest BCUT2D eigenvalue weighted by molar-refractivity contribution is 0.0544. The highest BCUT2D eigenvalue weighted by atomic mass is 79.9. The van der Waals surface area contributed by atoms with E-state index in [1.807, 2.05) is 12.1 Å². The fourth-order valence-electron chi connectivity index (χ4n) is 2.94. The van der Waals surface area contributed by atoms with Gasteiger partial charge >= 0.3 is 6.09 Å². The van der Waals surface area contributed by atoms with Gasteiger partial charge in [0.1, 0.15) is 17.2 Å². The average Bonchev–Trinajstić information content (AvgIpc) is 2.90. The first kappa shape index (κ1) is 18.9. The van der Waals surface area contributed by atoms with E-state index in [1.165, 1.54) is 4.57 Å². The molecule has 3 aromatic rings. The van der Waals surface area contributed by atoms with Gasteiger partial charge in [0.05, 0.1) is 5.52 Å². The number of hydrogen-bond donors (Lipinski definition) is 1. The summed E-state index contributed by atoms with van der Waals surface area (Å²) in [6.07, 6.45) is 1.13. The van der Waals surface area contributed by atoms with Crippen LogP contribution in [0.25, 0.3) is 22.0 Å². The number of carbonyl (C=O) groups is 1. The highest BCUT2D eigenvalue weighted by Crippen LogP contribution is 2.36. The maximum Gasteiger partial charge on any atom is 0.419 e. The molecule has 0 aliphatic carbocycles. The number of aromatic amines is 1. The van der Waals surface area contributed by atoms with Gasteiger partial charge in [-0.3, -0.25) is 9.36 Å². The van der Waals surface area contributed by atoms with Crippen LogP contribution < -0.4 is 5.56 Å². The van der Waals surface area contributed by atoms with Crippen molar-refractivity contribution in [2.75, 3.05) is 0 Å². The average molecular weight is 428 g/mol. The van der Waals surface area contributed by atoms with Gasteiger partial charge in [0, 0.05) is 27.3 Å². The summed E-state index contributed by atoms with van der Waals surface area (Å²) in [5.74, 6) is 0. The first-order valence-electron chi connectivity index (χ1n) is 8.29. The van der Waals surface area contributed by atoms with Crippen LogP contribution in [-0.2, 0) is 4.74 Å². The van der Waals surface area contributed by atoms with Gasteiger partial charge in [-0.25, -0.2) is 4.79 Å². The minimum atomic E-state index is -0.629. The Bertz CT molecular complexity index is 1160. The number of nitrogens with zero attached hydrogens (tertiary/aromatic N) is 2. The summed E-state index contributed by atoms with van der Waals surface area (Å²) >= 11 is 3.50. The van der Waals surface area contributed by atoms with Crippen molar-refractivity contribution >= 4 is 32.9 Å². The van der Waals surface area contributed by atoms with Crippen LogP contribution in [0, 0.1) is 18.3 Å². The Balaban J connectivity index is 2.29. The van der Waals surface area contributed by atoms with Crippen LogP contribution in [-0.4, -0.2) is 21.2 Å². The molecule has 138 valence electrons. The van der Waals surface area contributed by atoms with E-state index < -0.39 is 17.3 Å². The number of fused-ring (bicyclic) bond motifs is 1. The number of ether oxygens (including phenoxy) is 1. The van der Waals surface area contributed by atoms with Gasteiger partial charge in [-0.15, -0.1) is 0 Å². The Hall–Kier alpha value is -2.85. The van der Waals surface area contributed by atoms with E-state index in [2.05, 4.69) is 20.9 Å². The second-order valence-corrected chi connectivity index (χ2v) is 8.06. The van der Waals surface area contributed by atoms with Crippen LogP contribution in [0.2, 0.25) is 0 Å². The van der Waals surface area contributed by atoms with E-state index in [1.54, 1.807) is 52.1 Å². The molecule has 0 amide bonds. The molecule has 0 radical (unpaired) electrons. The predicted molar refractivity (Wildman–Crippen MR) is 107 cm³/mol. The lowest BCUT2D eigenvalue weighted by Gasteiger charge is -2.19. The Labute approximate surface area is 164 Å². The van der Waals surface area contributed by atoms with Crippen LogP contribution in [0.4, 0.5) is 4.79 Å². The summed E-state index contributed by atoms with van der Waals surface area (Å²) in [7, 11) is 0. The molecular weight excluding hydrogens is 410 g/mol. The molecule has 0 unspecified atom stereocenters. The van der Waals surface area contributed by atoms with Crippen molar-refractivity contribution in [2.45, 2.75) is 33.3 Å². The van der Waals surface area contributed by atoms with Gasteiger partial charge in [0.15, 0.2) is 0 Å². The summed E-state index contributed by atoms with van der Waals surface area (Å²) in [6, 6.07) is 9.13. The van der Waals surface area contributed by atoms with Crippen molar-refractivity contribution in [1.29, 1.82) is 5.26 Å². The second-order valence-electron chi connectivity index (χ2n) is 7.21. The molecule has 3 rings (SSSR count). The number of nitrogens with one attached hydrogen (secondary N) is 1. The normalized spacial score (nSPS) is 11.4. The monoisotopic (exact) mass is 427 g/mol. The molecule has 0 aliphatic rings. The maximum atomic E-state index is 12.6. The minimum Gasteiger partial charge on any atom is -0.443 e. The van der Waals surface area contributed by atoms with Crippen molar-refractivity contribution in [1.82, 2.24) is 9.55 Å². The van der Waals surface area contributed by atoms with E-state index in [0.717, 1.165) is 5.39 Å². The van der Waals surface area contributed by atoms with Gasteiger partial charge in [-0.05, 0) is 61.3 Å². The number of halogens is 1. The van der Waals surface area contributed by atoms with Crippen molar-refractivity contribution < 1.29 is 9.53 Å². The number of hydrogen-bond acceptors (Lipinski definition) is 4. The number of benzene rings is 1. The molecule has 6 nitrogen and oxygen atoms in total. The molecule has 0 bridgehead atoms. The fraction of sp³-hybridized carbons (Fsp3) is 0.250. The van der Waals surface area contributed by atoms with Crippen molar-refractivity contribution in [3.63, 3.8) is 0 Å². The fourth-order valence-corrected chi connectivity index (χ4v) is 3.56. The van der Waals surface area contributed by atoms with Gasteiger partial charge in [0.25, 0.3) is 5.56 Å². The number of nitriles is 1. The molecule has 0 saturated carbocycles. The molecule has 0 aliphatic heterocycles.